The van der Waals surface area contributed by atoms with E-state index in [1.165, 1.54) is 18.7 Å². The highest BCUT2D eigenvalue weighted by atomic mass is 32.2. The predicted octanol–water partition coefficient (Wildman–Crippen LogP) is 1.13. The Morgan fingerprint density at radius 3 is 2.82 bits per heavy atom. The quantitative estimate of drug-likeness (QED) is 0.628. The van der Waals surface area contributed by atoms with Gasteiger partial charge in [-0.05, 0) is 13.8 Å². The largest absolute Gasteiger partial charge is 0.323 e. The molecule has 1 atom stereocenters. The molecule has 0 spiro atoms. The Labute approximate surface area is 70.1 Å². The summed E-state index contributed by atoms with van der Waals surface area (Å²) >= 11 is 1.23. The van der Waals surface area contributed by atoms with Gasteiger partial charge in [0.15, 0.2) is 5.78 Å². The number of likely N-dealkylation sites (N-methyl/N-ethyl adjacent to an activating group) is 1. The lowest BCUT2D eigenvalue weighted by Gasteiger charge is -2.18. The van der Waals surface area contributed by atoms with E-state index in [9.17, 15) is 9.59 Å². The number of amides is 1. The van der Waals surface area contributed by atoms with Crippen LogP contribution in [0.25, 0.3) is 0 Å². The summed E-state index contributed by atoms with van der Waals surface area (Å²) in [5, 5.41) is 0.0349. The lowest BCUT2D eigenvalue weighted by atomic mass is 10.2. The maximum absolute atomic E-state index is 11.1. The fourth-order valence-electron chi connectivity index (χ4n) is 1.14. The molecule has 62 valence electrons. The third-order valence-corrected chi connectivity index (χ3v) is 2.75. The lowest BCUT2D eigenvalue weighted by molar-refractivity contribution is -0.120. The lowest BCUT2D eigenvalue weighted by Crippen LogP contribution is -2.37. The smallest absolute Gasteiger partial charge is 0.282 e. The van der Waals surface area contributed by atoms with Crippen molar-refractivity contribution in [1.29, 1.82) is 0 Å². The van der Waals surface area contributed by atoms with E-state index in [2.05, 4.69) is 0 Å². The number of rotatable bonds is 2. The minimum atomic E-state index is -0.169. The van der Waals surface area contributed by atoms with E-state index in [0.717, 1.165) is 0 Å². The molecule has 1 aliphatic heterocycles. The Balaban J connectivity index is 2.68. The van der Waals surface area contributed by atoms with Crippen molar-refractivity contribution in [3.63, 3.8) is 0 Å². The second kappa shape index (κ2) is 3.26. The first-order valence-electron chi connectivity index (χ1n) is 3.60. The molecule has 1 rings (SSSR count). The third-order valence-electron chi connectivity index (χ3n) is 1.79. The number of hydrogen-bond donors (Lipinski definition) is 0. The van der Waals surface area contributed by atoms with Gasteiger partial charge in [-0.25, -0.2) is 0 Å². The number of carbonyl (C=O) groups is 2. The van der Waals surface area contributed by atoms with Crippen LogP contribution >= 0.6 is 11.8 Å². The van der Waals surface area contributed by atoms with Crippen LogP contribution in [-0.2, 0) is 4.79 Å². The van der Waals surface area contributed by atoms with Crippen molar-refractivity contribution in [2.24, 2.45) is 0 Å². The Kier molecular flexibility index (Phi) is 2.54. The van der Waals surface area contributed by atoms with Crippen LogP contribution in [-0.4, -0.2) is 34.3 Å². The molecule has 1 heterocycles. The van der Waals surface area contributed by atoms with E-state index < -0.39 is 0 Å². The first-order chi connectivity index (χ1) is 5.16. The molecule has 4 heteroatoms. The zero-order valence-corrected chi connectivity index (χ0v) is 7.48. The summed E-state index contributed by atoms with van der Waals surface area (Å²) < 4.78 is 0. The Hall–Kier alpha value is -0.510. The SMILES string of the molecule is CCN1C(=O)SC[C@H]1C(C)=O. The van der Waals surface area contributed by atoms with Crippen molar-refractivity contribution in [3.05, 3.63) is 0 Å². The van der Waals surface area contributed by atoms with Crippen LogP contribution in [0.5, 0.6) is 0 Å². The van der Waals surface area contributed by atoms with Crippen molar-refractivity contribution < 1.29 is 9.59 Å². The van der Waals surface area contributed by atoms with Crippen LogP contribution in [0.2, 0.25) is 0 Å². The minimum Gasteiger partial charge on any atom is -0.323 e. The van der Waals surface area contributed by atoms with Crippen LogP contribution in [0, 0.1) is 0 Å². The van der Waals surface area contributed by atoms with Gasteiger partial charge in [-0.2, -0.15) is 0 Å². The van der Waals surface area contributed by atoms with Gasteiger partial charge in [0.2, 0.25) is 0 Å². The van der Waals surface area contributed by atoms with Crippen LogP contribution in [0.4, 0.5) is 4.79 Å². The van der Waals surface area contributed by atoms with Crippen molar-refractivity contribution in [1.82, 2.24) is 4.90 Å². The highest BCUT2D eigenvalue weighted by molar-refractivity contribution is 8.13. The van der Waals surface area contributed by atoms with Crippen molar-refractivity contribution in [3.8, 4) is 0 Å². The van der Waals surface area contributed by atoms with E-state index in [4.69, 9.17) is 0 Å². The van der Waals surface area contributed by atoms with Crippen molar-refractivity contribution in [2.75, 3.05) is 12.3 Å². The number of hydrogen-bond acceptors (Lipinski definition) is 3. The fraction of sp³-hybridized carbons (Fsp3) is 0.714. The Bertz CT molecular complexity index is 193. The molecule has 0 aromatic carbocycles. The summed E-state index contributed by atoms with van der Waals surface area (Å²) in [6.07, 6.45) is 0. The number of ketones is 1. The number of nitrogens with zero attached hydrogens (tertiary/aromatic N) is 1. The molecule has 0 aromatic rings. The summed E-state index contributed by atoms with van der Waals surface area (Å²) in [7, 11) is 0. The van der Waals surface area contributed by atoms with Crippen LogP contribution in [0.15, 0.2) is 0 Å². The zero-order valence-electron chi connectivity index (χ0n) is 6.66. The monoisotopic (exact) mass is 173 g/mol. The molecule has 3 nitrogen and oxygen atoms in total. The predicted molar refractivity (Wildman–Crippen MR) is 44.7 cm³/mol. The van der Waals surface area contributed by atoms with Gasteiger partial charge in [0.25, 0.3) is 5.24 Å². The minimum absolute atomic E-state index is 0.0349. The maximum atomic E-state index is 11.1. The van der Waals surface area contributed by atoms with E-state index in [1.54, 1.807) is 4.90 Å². The first-order valence-corrected chi connectivity index (χ1v) is 4.59. The summed E-state index contributed by atoms with van der Waals surface area (Å²) in [6.45, 7) is 4.06. The maximum Gasteiger partial charge on any atom is 0.282 e. The van der Waals surface area contributed by atoms with Gasteiger partial charge in [-0.15, -0.1) is 0 Å². The molecule has 0 radical (unpaired) electrons. The fourth-order valence-corrected chi connectivity index (χ4v) is 2.27. The average molecular weight is 173 g/mol. The van der Waals surface area contributed by atoms with E-state index >= 15 is 0 Å². The molecule has 0 bridgehead atoms. The molecule has 0 aromatic heterocycles. The third kappa shape index (κ3) is 1.56. The van der Waals surface area contributed by atoms with Gasteiger partial charge in [0.1, 0.15) is 6.04 Å². The highest BCUT2D eigenvalue weighted by Gasteiger charge is 2.33. The first kappa shape index (κ1) is 8.59. The Morgan fingerprint density at radius 2 is 2.45 bits per heavy atom. The number of carbonyl (C=O) groups excluding carboxylic acids is 2. The topological polar surface area (TPSA) is 37.4 Å². The number of thioether (sulfide) groups is 1. The van der Waals surface area contributed by atoms with Gasteiger partial charge >= 0.3 is 0 Å². The summed E-state index contributed by atoms with van der Waals surface area (Å²) in [5.41, 5.74) is 0. The van der Waals surface area contributed by atoms with Crippen molar-refractivity contribution >= 4 is 22.8 Å². The molecule has 1 aliphatic rings. The van der Waals surface area contributed by atoms with E-state index in [0.29, 0.717) is 12.3 Å². The summed E-state index contributed by atoms with van der Waals surface area (Å²) in [4.78, 5) is 23.6. The Morgan fingerprint density at radius 1 is 1.82 bits per heavy atom. The average Bonchev–Trinajstić information content (AvgIpc) is 2.30. The number of Topliss-reactive ketones (excluding diaryl/α,β-unsaturated/α-hetero) is 1. The normalized spacial score (nSPS) is 24.4. The van der Waals surface area contributed by atoms with Crippen LogP contribution in [0.1, 0.15) is 13.8 Å². The summed E-state index contributed by atoms with van der Waals surface area (Å²) in [5.74, 6) is 0.715. The van der Waals surface area contributed by atoms with Gasteiger partial charge in [0, 0.05) is 12.3 Å². The summed E-state index contributed by atoms with van der Waals surface area (Å²) in [6, 6.07) is -0.169. The van der Waals surface area contributed by atoms with E-state index in [1.807, 2.05) is 6.92 Å². The second-order valence-electron chi connectivity index (χ2n) is 2.49. The van der Waals surface area contributed by atoms with Gasteiger partial charge in [-0.1, -0.05) is 11.8 Å². The molecule has 0 saturated carbocycles. The van der Waals surface area contributed by atoms with Crippen LogP contribution in [0.3, 0.4) is 0 Å². The molecule has 0 aliphatic carbocycles. The molecule has 0 unspecified atom stereocenters. The second-order valence-corrected chi connectivity index (χ2v) is 3.46. The van der Waals surface area contributed by atoms with E-state index in [-0.39, 0.29) is 17.1 Å². The van der Waals surface area contributed by atoms with Gasteiger partial charge in [0.05, 0.1) is 0 Å². The van der Waals surface area contributed by atoms with Crippen LogP contribution < -0.4 is 0 Å². The molecular weight excluding hydrogens is 162 g/mol. The van der Waals surface area contributed by atoms with Gasteiger partial charge < -0.3 is 4.90 Å². The molecule has 0 N–H and O–H groups in total. The standard InChI is InChI=1S/C7H11NO2S/c1-3-8-6(5(2)9)4-11-7(8)10/h6H,3-4H2,1-2H3/t6-/m0/s1. The molecule has 1 saturated heterocycles. The van der Waals surface area contributed by atoms with Crippen molar-refractivity contribution in [2.45, 2.75) is 19.9 Å². The molecule has 1 fully saturated rings. The molecular formula is C7H11NO2S. The molecule has 1 amide bonds. The van der Waals surface area contributed by atoms with Gasteiger partial charge in [-0.3, -0.25) is 9.59 Å². The molecule has 11 heavy (non-hydrogen) atoms. The highest BCUT2D eigenvalue weighted by Crippen LogP contribution is 2.23. The zero-order chi connectivity index (χ0) is 8.43.